The molecule has 0 unspecified atom stereocenters. The number of benzene rings is 2. The van der Waals surface area contributed by atoms with Gasteiger partial charge in [0.05, 0.1) is 0 Å². The van der Waals surface area contributed by atoms with Gasteiger partial charge in [-0.05, 0) is 29.6 Å². The maximum Gasteiger partial charge on any atom is 0.0433 e. The van der Waals surface area contributed by atoms with Crippen LogP contribution < -0.4 is 0 Å². The zero-order chi connectivity index (χ0) is 12.7. The van der Waals surface area contributed by atoms with Crippen LogP contribution in [0.4, 0.5) is 0 Å². The van der Waals surface area contributed by atoms with Crippen LogP contribution in [-0.4, -0.2) is 0 Å². The molecule has 1 radical (unpaired) electrons. The second-order valence-corrected chi connectivity index (χ2v) is 7.23. The molecule has 1 aliphatic rings. The summed E-state index contributed by atoms with van der Waals surface area (Å²) in [5.41, 5.74) is 1.31. The zero-order valence-corrected chi connectivity index (χ0v) is 12.4. The minimum absolute atomic E-state index is 1.23. The van der Waals surface area contributed by atoms with Crippen molar-refractivity contribution in [2.24, 2.45) is 0 Å². The van der Waals surface area contributed by atoms with Crippen LogP contribution >= 0.6 is 34.9 Å². The van der Waals surface area contributed by atoms with E-state index in [9.17, 15) is 0 Å². The molecule has 2 aromatic carbocycles. The van der Waals surface area contributed by atoms with E-state index in [0.717, 1.165) is 0 Å². The third-order valence-electron chi connectivity index (χ3n) is 2.97. The van der Waals surface area contributed by atoms with Gasteiger partial charge in [0.15, 0.2) is 0 Å². The van der Waals surface area contributed by atoms with E-state index in [1.807, 2.05) is 29.6 Å². The molecule has 3 heteroatoms. The largest absolute Gasteiger partial charge is 0.143 e. The third kappa shape index (κ3) is 2.02. The van der Waals surface area contributed by atoms with E-state index in [1.165, 1.54) is 30.0 Å². The highest BCUT2D eigenvalue weighted by atomic mass is 32.2. The van der Waals surface area contributed by atoms with Gasteiger partial charge in [-0.1, -0.05) is 47.8 Å². The summed E-state index contributed by atoms with van der Waals surface area (Å²) < 4.78 is 0. The fraction of sp³-hybridized carbons (Fsp3) is 0. The fourth-order valence-electron chi connectivity index (χ4n) is 2.11. The molecule has 0 fully saturated rings. The van der Waals surface area contributed by atoms with Crippen LogP contribution in [0.15, 0.2) is 73.5 Å². The Kier molecular flexibility index (Phi) is 2.91. The van der Waals surface area contributed by atoms with Crippen LogP contribution in [0, 0.1) is 6.07 Å². The molecule has 0 aliphatic carbocycles. The average Bonchev–Trinajstić information content (AvgIpc) is 2.98. The van der Waals surface area contributed by atoms with Crippen molar-refractivity contribution in [3.05, 3.63) is 60.0 Å². The van der Waals surface area contributed by atoms with Gasteiger partial charge >= 0.3 is 0 Å². The number of hydrogen-bond donors (Lipinski definition) is 0. The molecule has 0 saturated heterocycles. The maximum atomic E-state index is 3.32. The first-order valence-corrected chi connectivity index (χ1v) is 8.46. The van der Waals surface area contributed by atoms with Gasteiger partial charge < -0.3 is 0 Å². The second kappa shape index (κ2) is 4.75. The van der Waals surface area contributed by atoms with Gasteiger partial charge in [0.2, 0.25) is 0 Å². The van der Waals surface area contributed by atoms with Crippen LogP contribution in [0.3, 0.4) is 0 Å². The molecule has 1 aliphatic heterocycles. The lowest BCUT2D eigenvalue weighted by Gasteiger charge is -2.20. The van der Waals surface area contributed by atoms with Crippen LogP contribution in [0.1, 0.15) is 0 Å². The Labute approximate surface area is 124 Å². The highest BCUT2D eigenvalue weighted by Gasteiger charge is 2.20. The Morgan fingerprint density at radius 3 is 2.37 bits per heavy atom. The van der Waals surface area contributed by atoms with E-state index < -0.39 is 0 Å². The van der Waals surface area contributed by atoms with Crippen molar-refractivity contribution in [1.29, 1.82) is 0 Å². The van der Waals surface area contributed by atoms with E-state index in [0.29, 0.717) is 0 Å². The monoisotopic (exact) mass is 297 g/mol. The van der Waals surface area contributed by atoms with Crippen molar-refractivity contribution in [2.45, 2.75) is 19.6 Å². The molecule has 19 heavy (non-hydrogen) atoms. The average molecular weight is 297 g/mol. The smallest absolute Gasteiger partial charge is 0.0433 e. The lowest BCUT2D eigenvalue weighted by Crippen LogP contribution is -1.91. The van der Waals surface area contributed by atoms with E-state index >= 15 is 0 Å². The van der Waals surface area contributed by atoms with Gasteiger partial charge in [0, 0.05) is 36.1 Å². The Balaban J connectivity index is 1.88. The van der Waals surface area contributed by atoms with Gasteiger partial charge in [-0.3, -0.25) is 0 Å². The van der Waals surface area contributed by atoms with Crippen molar-refractivity contribution in [3.63, 3.8) is 0 Å². The summed E-state index contributed by atoms with van der Waals surface area (Å²) in [6, 6.07) is 20.5. The number of rotatable bonds is 1. The minimum atomic E-state index is 1.23. The molecule has 0 N–H and O–H groups in total. The summed E-state index contributed by atoms with van der Waals surface area (Å²) in [5, 5.41) is 2.09. The highest BCUT2D eigenvalue weighted by molar-refractivity contribution is 8.05. The van der Waals surface area contributed by atoms with Gasteiger partial charge in [-0.2, -0.15) is 0 Å². The van der Waals surface area contributed by atoms with Crippen molar-refractivity contribution in [1.82, 2.24) is 0 Å². The zero-order valence-electron chi connectivity index (χ0n) is 9.92. The summed E-state index contributed by atoms with van der Waals surface area (Å²) in [7, 11) is 0. The molecule has 0 saturated carbocycles. The van der Waals surface area contributed by atoms with Gasteiger partial charge in [-0.25, -0.2) is 0 Å². The Morgan fingerprint density at radius 1 is 0.789 bits per heavy atom. The highest BCUT2D eigenvalue weighted by Crippen LogP contribution is 2.51. The van der Waals surface area contributed by atoms with Crippen molar-refractivity contribution < 1.29 is 0 Å². The molecule has 0 bridgehead atoms. The predicted octanol–water partition coefficient (Wildman–Crippen LogP) is 5.83. The minimum Gasteiger partial charge on any atom is -0.143 e. The number of hydrogen-bond acceptors (Lipinski definition) is 3. The summed E-state index contributed by atoms with van der Waals surface area (Å²) in [6.45, 7) is 0. The van der Waals surface area contributed by atoms with Crippen LogP contribution in [0.2, 0.25) is 0 Å². The lowest BCUT2D eigenvalue weighted by atomic mass is 10.2. The standard InChI is InChI=1S/C16H9S3/c1-2-7-14-13(6-1)18-15-8-3-5-11(16(15)19-14)12-9-4-10-17-12/h1-8,10H. The van der Waals surface area contributed by atoms with Crippen LogP contribution in [0.5, 0.6) is 0 Å². The van der Waals surface area contributed by atoms with Gasteiger partial charge in [0.1, 0.15) is 0 Å². The predicted molar refractivity (Wildman–Crippen MR) is 83.3 cm³/mol. The molecule has 2 heterocycles. The summed E-state index contributed by atoms with van der Waals surface area (Å²) in [4.78, 5) is 6.65. The van der Waals surface area contributed by atoms with Crippen molar-refractivity contribution in [3.8, 4) is 10.4 Å². The number of thiophene rings is 1. The Bertz CT molecular complexity index is 730. The summed E-state index contributed by atoms with van der Waals surface area (Å²) in [6.07, 6.45) is 0. The van der Waals surface area contributed by atoms with Crippen LogP contribution in [0.25, 0.3) is 10.4 Å². The molecule has 3 aromatic rings. The molecule has 1 aromatic heterocycles. The molecular formula is C16H9S3. The van der Waals surface area contributed by atoms with Gasteiger partial charge in [0.25, 0.3) is 0 Å². The van der Waals surface area contributed by atoms with E-state index in [2.05, 4.69) is 53.9 Å². The molecule has 0 atom stereocenters. The molecule has 4 rings (SSSR count). The number of fused-ring (bicyclic) bond motifs is 2. The summed E-state index contributed by atoms with van der Waals surface area (Å²) >= 11 is 5.49. The maximum absolute atomic E-state index is 3.32. The fourth-order valence-corrected chi connectivity index (χ4v) is 5.27. The second-order valence-electron chi connectivity index (χ2n) is 4.18. The Hall–Kier alpha value is -1.16. The van der Waals surface area contributed by atoms with E-state index in [1.54, 1.807) is 11.3 Å². The Morgan fingerprint density at radius 2 is 1.58 bits per heavy atom. The first-order chi connectivity index (χ1) is 9.42. The van der Waals surface area contributed by atoms with E-state index in [4.69, 9.17) is 0 Å². The van der Waals surface area contributed by atoms with Crippen molar-refractivity contribution >= 4 is 34.9 Å². The summed E-state index contributed by atoms with van der Waals surface area (Å²) in [5.74, 6) is 0. The van der Waals surface area contributed by atoms with Crippen LogP contribution in [-0.2, 0) is 0 Å². The topological polar surface area (TPSA) is 0 Å². The normalized spacial score (nSPS) is 12.8. The molecular weight excluding hydrogens is 288 g/mol. The molecule has 91 valence electrons. The molecule has 0 spiro atoms. The molecule has 0 nitrogen and oxygen atoms in total. The SMILES string of the molecule is [c]1ccsc1-c1cccc2c1Sc1ccccc1S2. The van der Waals surface area contributed by atoms with Crippen molar-refractivity contribution in [2.75, 3.05) is 0 Å². The van der Waals surface area contributed by atoms with Gasteiger partial charge in [-0.15, -0.1) is 11.3 Å². The quantitative estimate of drug-likeness (QED) is 0.433. The first kappa shape index (κ1) is 11.6. The van der Waals surface area contributed by atoms with E-state index in [-0.39, 0.29) is 0 Å². The lowest BCUT2D eigenvalue weighted by molar-refractivity contribution is 1.16. The third-order valence-corrected chi connectivity index (χ3v) is 6.43. The molecule has 0 amide bonds. The first-order valence-electron chi connectivity index (χ1n) is 5.95.